The van der Waals surface area contributed by atoms with E-state index in [9.17, 15) is 0 Å². The lowest BCUT2D eigenvalue weighted by Gasteiger charge is -2.01. The summed E-state index contributed by atoms with van der Waals surface area (Å²) in [6, 6.07) is 0.303. The van der Waals surface area contributed by atoms with E-state index in [0.717, 1.165) is 13.0 Å². The normalized spacial score (nSPS) is 38.2. The van der Waals surface area contributed by atoms with Crippen molar-refractivity contribution < 1.29 is 5.11 Å². The molecule has 0 amide bonds. The van der Waals surface area contributed by atoms with Crippen LogP contribution in [0.2, 0.25) is 0 Å². The number of rotatable bonds is 1. The van der Waals surface area contributed by atoms with Crippen LogP contribution in [0.3, 0.4) is 0 Å². The number of hydrogen-bond donors (Lipinski definition) is 3. The largest absolute Gasteiger partial charge is 0.395 e. The Hall–Kier alpha value is 0.270. The molecule has 0 spiro atoms. The number of aliphatic hydroxyl groups excluding tert-OH is 1. The Morgan fingerprint density at radius 3 is 2.75 bits per heavy atom. The highest BCUT2D eigenvalue weighted by Gasteiger charge is 2.19. The zero-order valence-corrected chi connectivity index (χ0v) is 5.56. The molecule has 0 radical (unpaired) electrons. The van der Waals surface area contributed by atoms with E-state index in [1.54, 1.807) is 0 Å². The summed E-state index contributed by atoms with van der Waals surface area (Å²) in [5, 5.41) is 12.2. The van der Waals surface area contributed by atoms with Gasteiger partial charge in [0.2, 0.25) is 0 Å². The maximum atomic E-state index is 8.59. The van der Waals surface area contributed by atoms with Crippen LogP contribution in [0.4, 0.5) is 0 Å². The van der Waals surface area contributed by atoms with Gasteiger partial charge in [0, 0.05) is 17.8 Å². The van der Waals surface area contributed by atoms with Gasteiger partial charge in [-0.3, -0.25) is 0 Å². The molecule has 1 rings (SSSR count). The van der Waals surface area contributed by atoms with E-state index in [1.165, 1.54) is 0 Å². The highest BCUT2D eigenvalue weighted by Crippen LogP contribution is 2.10. The first-order valence-electron chi connectivity index (χ1n) is 2.85. The van der Waals surface area contributed by atoms with Crippen molar-refractivity contribution in [1.29, 1.82) is 0 Å². The highest BCUT2D eigenvalue weighted by atomic mass is 32.1. The van der Waals surface area contributed by atoms with Gasteiger partial charge in [0.25, 0.3) is 0 Å². The fourth-order valence-electron chi connectivity index (χ4n) is 0.937. The second-order valence-corrected chi connectivity index (χ2v) is 2.91. The molecule has 0 aromatic heterocycles. The highest BCUT2D eigenvalue weighted by molar-refractivity contribution is 7.81. The van der Waals surface area contributed by atoms with E-state index in [2.05, 4.69) is 17.9 Å². The molecular formula is C5H11NOS. The van der Waals surface area contributed by atoms with Crippen LogP contribution in [0.1, 0.15) is 6.42 Å². The molecule has 1 heterocycles. The number of hydrogen-bond acceptors (Lipinski definition) is 3. The summed E-state index contributed by atoms with van der Waals surface area (Å²) in [6.07, 6.45) is 1.000. The molecule has 3 heteroatoms. The number of aliphatic hydroxyl groups is 1. The van der Waals surface area contributed by atoms with Gasteiger partial charge in [0.15, 0.2) is 0 Å². The van der Waals surface area contributed by atoms with Crippen LogP contribution in [-0.4, -0.2) is 29.5 Å². The van der Waals surface area contributed by atoms with Gasteiger partial charge < -0.3 is 10.4 Å². The molecule has 0 saturated carbocycles. The third kappa shape index (κ3) is 1.37. The molecule has 0 aromatic rings. The second kappa shape index (κ2) is 2.71. The van der Waals surface area contributed by atoms with Crippen LogP contribution in [0.15, 0.2) is 0 Å². The molecule has 2 N–H and O–H groups in total. The Morgan fingerprint density at radius 1 is 1.75 bits per heavy atom. The predicted molar refractivity (Wildman–Crippen MR) is 36.3 cm³/mol. The van der Waals surface area contributed by atoms with Crippen molar-refractivity contribution in [3.63, 3.8) is 0 Å². The summed E-state index contributed by atoms with van der Waals surface area (Å²) >= 11 is 4.23. The Bertz CT molecular complexity index is 78.8. The molecule has 48 valence electrons. The van der Waals surface area contributed by atoms with Gasteiger partial charge in [-0.15, -0.1) is 0 Å². The van der Waals surface area contributed by atoms with Gasteiger partial charge in [0.1, 0.15) is 0 Å². The van der Waals surface area contributed by atoms with Crippen LogP contribution in [0.25, 0.3) is 0 Å². The summed E-state index contributed by atoms with van der Waals surface area (Å²) < 4.78 is 0. The minimum atomic E-state index is 0.247. The Balaban J connectivity index is 2.22. The fourth-order valence-corrected chi connectivity index (χ4v) is 1.30. The molecule has 1 fully saturated rings. The summed E-state index contributed by atoms with van der Waals surface area (Å²) in [6.45, 7) is 1.19. The molecule has 1 aliphatic heterocycles. The van der Waals surface area contributed by atoms with Crippen LogP contribution < -0.4 is 5.32 Å². The zero-order chi connectivity index (χ0) is 5.98. The molecule has 0 aromatic carbocycles. The maximum Gasteiger partial charge on any atom is 0.0585 e. The first-order chi connectivity index (χ1) is 3.83. The maximum absolute atomic E-state index is 8.59. The molecule has 0 bridgehead atoms. The molecule has 1 saturated heterocycles. The van der Waals surface area contributed by atoms with Crippen molar-refractivity contribution in [3.8, 4) is 0 Å². The first-order valence-corrected chi connectivity index (χ1v) is 3.37. The number of thiol groups is 1. The quantitative estimate of drug-likeness (QED) is 0.427. The monoisotopic (exact) mass is 133 g/mol. The van der Waals surface area contributed by atoms with E-state index in [1.807, 2.05) is 0 Å². The van der Waals surface area contributed by atoms with Crippen molar-refractivity contribution in [2.24, 2.45) is 0 Å². The van der Waals surface area contributed by atoms with E-state index >= 15 is 0 Å². The number of nitrogens with one attached hydrogen (secondary N) is 1. The van der Waals surface area contributed by atoms with E-state index < -0.39 is 0 Å². The Kier molecular flexibility index (Phi) is 2.16. The van der Waals surface area contributed by atoms with Gasteiger partial charge in [-0.1, -0.05) is 0 Å². The minimum absolute atomic E-state index is 0.247. The topological polar surface area (TPSA) is 32.3 Å². The fraction of sp³-hybridized carbons (Fsp3) is 1.00. The molecule has 1 aliphatic rings. The van der Waals surface area contributed by atoms with Gasteiger partial charge in [-0.25, -0.2) is 0 Å². The molecule has 8 heavy (non-hydrogen) atoms. The van der Waals surface area contributed by atoms with Crippen LogP contribution >= 0.6 is 12.6 Å². The third-order valence-electron chi connectivity index (χ3n) is 1.42. The van der Waals surface area contributed by atoms with Gasteiger partial charge in [0.05, 0.1) is 6.61 Å². The lowest BCUT2D eigenvalue weighted by atomic mass is 10.2. The SMILES string of the molecule is OC[C@@H]1C[C@H](S)CN1. The lowest BCUT2D eigenvalue weighted by molar-refractivity contribution is 0.255. The molecule has 2 atom stereocenters. The smallest absolute Gasteiger partial charge is 0.0585 e. The van der Waals surface area contributed by atoms with E-state index in [0.29, 0.717) is 11.3 Å². The van der Waals surface area contributed by atoms with Crippen molar-refractivity contribution in [1.82, 2.24) is 5.32 Å². The van der Waals surface area contributed by atoms with Crippen molar-refractivity contribution >= 4 is 12.6 Å². The molecule has 0 aliphatic carbocycles. The first kappa shape index (κ1) is 6.39. The summed E-state index contributed by atoms with van der Waals surface area (Å²) in [5.41, 5.74) is 0. The summed E-state index contributed by atoms with van der Waals surface area (Å²) in [5.74, 6) is 0. The van der Waals surface area contributed by atoms with Gasteiger partial charge >= 0.3 is 0 Å². The van der Waals surface area contributed by atoms with Crippen LogP contribution in [0, 0.1) is 0 Å². The van der Waals surface area contributed by atoms with Crippen molar-refractivity contribution in [2.45, 2.75) is 17.7 Å². The van der Waals surface area contributed by atoms with E-state index in [4.69, 9.17) is 5.11 Å². The molecule has 2 nitrogen and oxygen atoms in total. The standard InChI is InChI=1S/C5H11NOS/c7-3-4-1-5(8)2-6-4/h4-8H,1-3H2/t4-,5-/m0/s1. The predicted octanol–water partition coefficient (Wildman–Crippen LogP) is -0.361. The van der Waals surface area contributed by atoms with Gasteiger partial charge in [-0.2, -0.15) is 12.6 Å². The van der Waals surface area contributed by atoms with E-state index in [-0.39, 0.29) is 6.61 Å². The minimum Gasteiger partial charge on any atom is -0.395 e. The van der Waals surface area contributed by atoms with Crippen molar-refractivity contribution in [3.05, 3.63) is 0 Å². The Morgan fingerprint density at radius 2 is 2.50 bits per heavy atom. The zero-order valence-electron chi connectivity index (χ0n) is 4.67. The average molecular weight is 133 g/mol. The summed E-state index contributed by atoms with van der Waals surface area (Å²) in [4.78, 5) is 0. The Labute approximate surface area is 54.7 Å². The molecular weight excluding hydrogens is 122 g/mol. The lowest BCUT2D eigenvalue weighted by Crippen LogP contribution is -2.24. The summed E-state index contributed by atoms with van der Waals surface area (Å²) in [7, 11) is 0. The average Bonchev–Trinajstić information content (AvgIpc) is 2.14. The van der Waals surface area contributed by atoms with Gasteiger partial charge in [-0.05, 0) is 6.42 Å². The van der Waals surface area contributed by atoms with Crippen molar-refractivity contribution in [2.75, 3.05) is 13.2 Å². The van der Waals surface area contributed by atoms with Crippen LogP contribution in [0.5, 0.6) is 0 Å². The third-order valence-corrected chi connectivity index (χ3v) is 1.81. The molecule has 0 unspecified atom stereocenters. The van der Waals surface area contributed by atoms with Crippen LogP contribution in [-0.2, 0) is 0 Å². The second-order valence-electron chi connectivity index (χ2n) is 2.18.